The summed E-state index contributed by atoms with van der Waals surface area (Å²) < 4.78 is 11.1. The summed E-state index contributed by atoms with van der Waals surface area (Å²) in [4.78, 5) is 12.1. The van der Waals surface area contributed by atoms with E-state index in [2.05, 4.69) is 13.8 Å². The number of rotatable bonds is 37. The van der Waals surface area contributed by atoms with Gasteiger partial charge in [-0.15, -0.1) is 0 Å². The van der Waals surface area contributed by atoms with Crippen LogP contribution in [0.3, 0.4) is 0 Å². The third kappa shape index (κ3) is 35.7. The number of hydrogen-bond acceptors (Lipinski definition) is 4. The maximum absolute atomic E-state index is 12.1. The van der Waals surface area contributed by atoms with Crippen molar-refractivity contribution in [3.63, 3.8) is 0 Å². The second-order valence-electron chi connectivity index (χ2n) is 13.4. The lowest BCUT2D eigenvalue weighted by molar-refractivity contribution is -0.154. The Hall–Kier alpha value is -0.610. The summed E-state index contributed by atoms with van der Waals surface area (Å²) in [6.45, 7) is 5.39. The highest BCUT2D eigenvalue weighted by Gasteiger charge is 2.13. The summed E-state index contributed by atoms with van der Waals surface area (Å²) in [6.07, 6.45) is 41.4. The van der Waals surface area contributed by atoms with Gasteiger partial charge in [-0.05, 0) is 12.8 Å². The van der Waals surface area contributed by atoms with Crippen LogP contribution in [0.15, 0.2) is 0 Å². The molecule has 0 rings (SSSR count). The van der Waals surface area contributed by atoms with Crippen molar-refractivity contribution in [2.45, 2.75) is 225 Å². The molecule has 4 heteroatoms. The molecule has 0 aromatic heterocycles. The van der Waals surface area contributed by atoms with Crippen molar-refractivity contribution in [1.29, 1.82) is 0 Å². The lowest BCUT2D eigenvalue weighted by Crippen LogP contribution is -2.27. The lowest BCUT2D eigenvalue weighted by atomic mass is 10.0. The van der Waals surface area contributed by atoms with Gasteiger partial charge in [0.25, 0.3) is 0 Å². The van der Waals surface area contributed by atoms with Gasteiger partial charge in [0.1, 0.15) is 6.10 Å². The second-order valence-corrected chi connectivity index (χ2v) is 13.4. The first-order chi connectivity index (χ1) is 21.2. The fraction of sp³-hybridized carbons (Fsp3) is 0.974. The molecule has 0 bridgehead atoms. The molecule has 0 heterocycles. The Labute approximate surface area is 270 Å². The third-order valence-electron chi connectivity index (χ3n) is 8.93. The number of aliphatic hydroxyl groups excluding tert-OH is 1. The summed E-state index contributed by atoms with van der Waals surface area (Å²) in [5.41, 5.74) is 0. The van der Waals surface area contributed by atoms with Gasteiger partial charge in [-0.2, -0.15) is 0 Å². The van der Waals surface area contributed by atoms with E-state index in [1.807, 2.05) is 0 Å². The van der Waals surface area contributed by atoms with Crippen molar-refractivity contribution in [1.82, 2.24) is 0 Å². The van der Waals surface area contributed by atoms with E-state index in [0.29, 0.717) is 19.6 Å². The third-order valence-corrected chi connectivity index (χ3v) is 8.93. The maximum atomic E-state index is 12.1. The maximum Gasteiger partial charge on any atom is 0.306 e. The number of carbonyl (C=O) groups is 1. The first-order valence-corrected chi connectivity index (χ1v) is 19.6. The van der Waals surface area contributed by atoms with E-state index in [1.54, 1.807) is 0 Å². The largest absolute Gasteiger partial charge is 0.457 e. The van der Waals surface area contributed by atoms with Gasteiger partial charge in [0.2, 0.25) is 0 Å². The molecule has 4 nitrogen and oxygen atoms in total. The van der Waals surface area contributed by atoms with Crippen molar-refractivity contribution in [2.75, 3.05) is 19.8 Å². The van der Waals surface area contributed by atoms with E-state index in [4.69, 9.17) is 9.47 Å². The number of unbranched alkanes of at least 4 members (excludes halogenated alkanes) is 29. The van der Waals surface area contributed by atoms with E-state index in [0.717, 1.165) is 19.3 Å². The zero-order valence-corrected chi connectivity index (χ0v) is 29.5. The van der Waals surface area contributed by atoms with Crippen LogP contribution in [0, 0.1) is 0 Å². The Balaban J connectivity index is 3.37. The number of ether oxygens (including phenoxy) is 2. The molecule has 0 spiro atoms. The molecule has 0 radical (unpaired) electrons. The lowest BCUT2D eigenvalue weighted by Gasteiger charge is -2.16. The average Bonchev–Trinajstić information content (AvgIpc) is 3.01. The molecule has 0 fully saturated rings. The predicted octanol–water partition coefficient (Wildman–Crippen LogP) is 12.4. The smallest absolute Gasteiger partial charge is 0.306 e. The summed E-state index contributed by atoms with van der Waals surface area (Å²) in [5, 5.41) is 9.57. The molecular weight excluding hydrogens is 532 g/mol. The number of hydrogen-bond donors (Lipinski definition) is 1. The van der Waals surface area contributed by atoms with Crippen LogP contribution < -0.4 is 0 Å². The van der Waals surface area contributed by atoms with Gasteiger partial charge in [0, 0.05) is 13.0 Å². The number of esters is 1. The molecule has 1 atom stereocenters. The van der Waals surface area contributed by atoms with Crippen LogP contribution in [0.2, 0.25) is 0 Å². The van der Waals surface area contributed by atoms with Crippen LogP contribution in [-0.4, -0.2) is 37.0 Å². The van der Waals surface area contributed by atoms with Gasteiger partial charge in [0.15, 0.2) is 0 Å². The Kier molecular flexibility index (Phi) is 37.0. The van der Waals surface area contributed by atoms with Gasteiger partial charge in [0.05, 0.1) is 13.2 Å². The van der Waals surface area contributed by atoms with E-state index in [-0.39, 0.29) is 12.6 Å². The monoisotopic (exact) mass is 611 g/mol. The van der Waals surface area contributed by atoms with Gasteiger partial charge in [-0.3, -0.25) is 4.79 Å². The summed E-state index contributed by atoms with van der Waals surface area (Å²) in [5.74, 6) is -0.195. The Morgan fingerprint density at radius 2 is 0.767 bits per heavy atom. The fourth-order valence-corrected chi connectivity index (χ4v) is 5.98. The van der Waals surface area contributed by atoms with Gasteiger partial charge in [-0.25, -0.2) is 0 Å². The molecule has 0 aromatic rings. The molecule has 0 aliphatic heterocycles. The summed E-state index contributed by atoms with van der Waals surface area (Å²) >= 11 is 0. The second kappa shape index (κ2) is 37.6. The molecular formula is C39H78O4. The summed E-state index contributed by atoms with van der Waals surface area (Å²) in [7, 11) is 0. The molecule has 0 aliphatic carbocycles. The minimum absolute atomic E-state index is 0.163. The molecule has 0 aromatic carbocycles. The first kappa shape index (κ1) is 42.4. The zero-order valence-electron chi connectivity index (χ0n) is 29.5. The molecule has 0 saturated carbocycles. The standard InChI is InChI=1S/C39H78O4/c1-3-5-7-9-11-13-15-17-19-21-23-25-27-29-31-33-35-42-37-38(36-40)43-39(41)34-32-30-28-26-24-22-20-18-16-14-12-10-8-6-4-2/h38,40H,3-37H2,1-2H3. The van der Waals surface area contributed by atoms with E-state index in [9.17, 15) is 9.90 Å². The van der Waals surface area contributed by atoms with E-state index in [1.165, 1.54) is 180 Å². The van der Waals surface area contributed by atoms with E-state index >= 15 is 0 Å². The van der Waals surface area contributed by atoms with Crippen LogP contribution >= 0.6 is 0 Å². The zero-order chi connectivity index (χ0) is 31.3. The molecule has 0 amide bonds. The van der Waals surface area contributed by atoms with Crippen molar-refractivity contribution in [3.05, 3.63) is 0 Å². The SMILES string of the molecule is CCCCCCCCCCCCCCCCCCOCC(CO)OC(=O)CCCCCCCCCCCCCCCCC. The average molecular weight is 611 g/mol. The molecule has 1 unspecified atom stereocenters. The van der Waals surface area contributed by atoms with Crippen molar-refractivity contribution in [3.8, 4) is 0 Å². The molecule has 0 saturated heterocycles. The Morgan fingerprint density at radius 1 is 0.465 bits per heavy atom. The minimum atomic E-state index is -0.523. The van der Waals surface area contributed by atoms with Gasteiger partial charge in [-0.1, -0.05) is 200 Å². The molecule has 0 aliphatic rings. The van der Waals surface area contributed by atoms with Crippen molar-refractivity contribution >= 4 is 5.97 Å². The topological polar surface area (TPSA) is 55.8 Å². The van der Waals surface area contributed by atoms with Crippen molar-refractivity contribution in [2.24, 2.45) is 0 Å². The predicted molar refractivity (Wildman–Crippen MR) is 187 cm³/mol. The molecule has 43 heavy (non-hydrogen) atoms. The number of aliphatic hydroxyl groups is 1. The highest BCUT2D eigenvalue weighted by atomic mass is 16.6. The van der Waals surface area contributed by atoms with Crippen LogP contribution in [0.4, 0.5) is 0 Å². The highest BCUT2D eigenvalue weighted by Crippen LogP contribution is 2.15. The Morgan fingerprint density at radius 3 is 1.09 bits per heavy atom. The van der Waals surface area contributed by atoms with Crippen LogP contribution in [0.25, 0.3) is 0 Å². The Bertz CT molecular complexity index is 523. The van der Waals surface area contributed by atoms with Gasteiger partial charge < -0.3 is 14.6 Å². The molecule has 258 valence electrons. The fourth-order valence-electron chi connectivity index (χ4n) is 5.98. The first-order valence-electron chi connectivity index (χ1n) is 19.6. The number of carbonyl (C=O) groups excluding carboxylic acids is 1. The summed E-state index contributed by atoms with van der Waals surface area (Å²) in [6, 6.07) is 0. The van der Waals surface area contributed by atoms with Crippen LogP contribution in [0.1, 0.15) is 219 Å². The van der Waals surface area contributed by atoms with Gasteiger partial charge >= 0.3 is 5.97 Å². The normalized spacial score (nSPS) is 12.2. The van der Waals surface area contributed by atoms with Crippen LogP contribution in [-0.2, 0) is 14.3 Å². The highest BCUT2D eigenvalue weighted by molar-refractivity contribution is 5.69. The molecule has 1 N–H and O–H groups in total. The minimum Gasteiger partial charge on any atom is -0.457 e. The van der Waals surface area contributed by atoms with Crippen molar-refractivity contribution < 1.29 is 19.4 Å². The quantitative estimate of drug-likeness (QED) is 0.0561. The van der Waals surface area contributed by atoms with Crippen LogP contribution in [0.5, 0.6) is 0 Å². The van der Waals surface area contributed by atoms with E-state index < -0.39 is 6.10 Å².